The minimum absolute atomic E-state index is 0.445. The molecule has 94 valence electrons. The van der Waals surface area contributed by atoms with E-state index < -0.39 is 5.97 Å². The summed E-state index contributed by atoms with van der Waals surface area (Å²) in [5, 5.41) is 16.2. The van der Waals surface area contributed by atoms with E-state index in [0.29, 0.717) is 25.1 Å². The molecule has 1 heterocycles. The highest BCUT2D eigenvalue weighted by molar-refractivity contribution is 5.86. The molecule has 0 spiro atoms. The Kier molecular flexibility index (Phi) is 4.90. The van der Waals surface area contributed by atoms with Crippen LogP contribution in [0.3, 0.4) is 0 Å². The molecule has 1 aromatic heterocycles. The molecule has 0 saturated carbocycles. The summed E-state index contributed by atoms with van der Waals surface area (Å²) in [6, 6.07) is 0. The summed E-state index contributed by atoms with van der Waals surface area (Å²) >= 11 is 0. The molecule has 1 aromatic rings. The SMILES string of the molecule is CCC(=CCNCc1cnn(C)c1C)C(=O)O. The fraction of sp³-hybridized carbons (Fsp3) is 0.500. The van der Waals surface area contributed by atoms with Crippen molar-refractivity contribution in [3.8, 4) is 0 Å². The average Bonchev–Trinajstić information content (AvgIpc) is 2.60. The zero-order chi connectivity index (χ0) is 12.8. The van der Waals surface area contributed by atoms with Gasteiger partial charge in [0.1, 0.15) is 0 Å². The molecule has 0 unspecified atom stereocenters. The maximum absolute atomic E-state index is 10.7. The number of nitrogens with zero attached hydrogens (tertiary/aromatic N) is 2. The Bertz CT molecular complexity index is 421. The van der Waals surface area contributed by atoms with Gasteiger partial charge in [0.25, 0.3) is 0 Å². The molecule has 5 heteroatoms. The van der Waals surface area contributed by atoms with Crippen LogP contribution in [0.5, 0.6) is 0 Å². The Labute approximate surface area is 101 Å². The van der Waals surface area contributed by atoms with E-state index in [0.717, 1.165) is 11.3 Å². The highest BCUT2D eigenvalue weighted by Crippen LogP contribution is 2.04. The molecule has 0 aliphatic rings. The van der Waals surface area contributed by atoms with Gasteiger partial charge >= 0.3 is 5.97 Å². The van der Waals surface area contributed by atoms with Gasteiger partial charge in [-0.2, -0.15) is 5.10 Å². The summed E-state index contributed by atoms with van der Waals surface area (Å²) in [7, 11) is 1.90. The van der Waals surface area contributed by atoms with Crippen LogP contribution in [-0.4, -0.2) is 27.4 Å². The standard InChI is InChI=1S/C12H19N3O2/c1-4-10(12(16)17)5-6-13-7-11-8-14-15(3)9(11)2/h5,8,13H,4,6-7H2,1-3H3,(H,16,17). The van der Waals surface area contributed by atoms with Gasteiger partial charge in [-0.05, 0) is 13.3 Å². The molecule has 0 fully saturated rings. The molecule has 0 amide bonds. The number of nitrogens with one attached hydrogen (secondary N) is 1. The van der Waals surface area contributed by atoms with Crippen molar-refractivity contribution >= 4 is 5.97 Å². The molecule has 5 nitrogen and oxygen atoms in total. The van der Waals surface area contributed by atoms with E-state index in [1.807, 2.05) is 31.8 Å². The first-order valence-electron chi connectivity index (χ1n) is 5.66. The summed E-state index contributed by atoms with van der Waals surface area (Å²) in [5.41, 5.74) is 2.70. The molecule has 0 aliphatic carbocycles. The highest BCUT2D eigenvalue weighted by Gasteiger charge is 2.04. The van der Waals surface area contributed by atoms with E-state index in [4.69, 9.17) is 5.11 Å². The normalized spacial score (nSPS) is 11.8. The van der Waals surface area contributed by atoms with Crippen molar-refractivity contribution in [3.05, 3.63) is 29.1 Å². The number of hydrogen-bond donors (Lipinski definition) is 2. The van der Waals surface area contributed by atoms with Crippen molar-refractivity contribution in [1.82, 2.24) is 15.1 Å². The van der Waals surface area contributed by atoms with Crippen LogP contribution in [0.1, 0.15) is 24.6 Å². The second kappa shape index (κ2) is 6.20. The van der Waals surface area contributed by atoms with Gasteiger partial charge in [0.05, 0.1) is 6.20 Å². The van der Waals surface area contributed by atoms with Crippen LogP contribution in [0.2, 0.25) is 0 Å². The second-order valence-electron chi connectivity index (χ2n) is 3.90. The monoisotopic (exact) mass is 237 g/mol. The number of aromatic nitrogens is 2. The lowest BCUT2D eigenvalue weighted by molar-refractivity contribution is -0.132. The number of hydrogen-bond acceptors (Lipinski definition) is 3. The van der Waals surface area contributed by atoms with Gasteiger partial charge in [-0.1, -0.05) is 13.0 Å². The number of rotatable bonds is 6. The Morgan fingerprint density at radius 2 is 2.35 bits per heavy atom. The van der Waals surface area contributed by atoms with E-state index in [2.05, 4.69) is 10.4 Å². The van der Waals surface area contributed by atoms with E-state index in [1.54, 1.807) is 6.08 Å². The van der Waals surface area contributed by atoms with Crippen molar-refractivity contribution < 1.29 is 9.90 Å². The van der Waals surface area contributed by atoms with Crippen molar-refractivity contribution in [1.29, 1.82) is 0 Å². The van der Waals surface area contributed by atoms with Crippen LogP contribution in [0.4, 0.5) is 0 Å². The van der Waals surface area contributed by atoms with Crippen molar-refractivity contribution in [2.24, 2.45) is 7.05 Å². The molecule has 0 atom stereocenters. The Balaban J connectivity index is 2.43. The first kappa shape index (κ1) is 13.4. The molecule has 0 aromatic carbocycles. The van der Waals surface area contributed by atoms with Crippen molar-refractivity contribution in [2.75, 3.05) is 6.54 Å². The zero-order valence-electron chi connectivity index (χ0n) is 10.5. The highest BCUT2D eigenvalue weighted by atomic mass is 16.4. The molecular formula is C12H19N3O2. The van der Waals surface area contributed by atoms with E-state index >= 15 is 0 Å². The van der Waals surface area contributed by atoms with Crippen LogP contribution >= 0.6 is 0 Å². The van der Waals surface area contributed by atoms with Crippen LogP contribution in [0.25, 0.3) is 0 Å². The van der Waals surface area contributed by atoms with Gasteiger partial charge in [0, 0.05) is 37.0 Å². The summed E-state index contributed by atoms with van der Waals surface area (Å²) in [6.07, 6.45) is 4.08. The van der Waals surface area contributed by atoms with Crippen LogP contribution in [0, 0.1) is 6.92 Å². The number of carbonyl (C=O) groups is 1. The zero-order valence-corrected chi connectivity index (χ0v) is 10.5. The maximum atomic E-state index is 10.7. The predicted octanol–water partition coefficient (Wildman–Crippen LogP) is 1.24. The molecule has 1 rings (SSSR count). The third-order valence-corrected chi connectivity index (χ3v) is 2.80. The average molecular weight is 237 g/mol. The maximum Gasteiger partial charge on any atom is 0.331 e. The quantitative estimate of drug-likeness (QED) is 0.577. The third kappa shape index (κ3) is 3.71. The molecule has 0 radical (unpaired) electrons. The minimum Gasteiger partial charge on any atom is -0.478 e. The van der Waals surface area contributed by atoms with Crippen molar-refractivity contribution in [2.45, 2.75) is 26.8 Å². The van der Waals surface area contributed by atoms with Gasteiger partial charge in [-0.15, -0.1) is 0 Å². The smallest absolute Gasteiger partial charge is 0.331 e. The molecule has 17 heavy (non-hydrogen) atoms. The summed E-state index contributed by atoms with van der Waals surface area (Å²) in [5.74, 6) is -0.841. The first-order chi connectivity index (χ1) is 8.06. The Morgan fingerprint density at radius 1 is 1.65 bits per heavy atom. The van der Waals surface area contributed by atoms with Crippen LogP contribution in [0.15, 0.2) is 17.8 Å². The number of aliphatic carboxylic acids is 1. The van der Waals surface area contributed by atoms with Gasteiger partial charge in [-0.3, -0.25) is 4.68 Å². The summed E-state index contributed by atoms with van der Waals surface area (Å²) in [4.78, 5) is 10.7. The largest absolute Gasteiger partial charge is 0.478 e. The van der Waals surface area contributed by atoms with E-state index in [-0.39, 0.29) is 0 Å². The Hall–Kier alpha value is -1.62. The van der Waals surface area contributed by atoms with Crippen LogP contribution < -0.4 is 5.32 Å². The number of aryl methyl sites for hydroxylation is 1. The third-order valence-electron chi connectivity index (χ3n) is 2.80. The number of carboxylic acid groups (broad SMARTS) is 1. The molecule has 0 saturated heterocycles. The summed E-state index contributed by atoms with van der Waals surface area (Å²) in [6.45, 7) is 5.11. The van der Waals surface area contributed by atoms with Crippen LogP contribution in [-0.2, 0) is 18.4 Å². The lowest BCUT2D eigenvalue weighted by Gasteiger charge is -2.02. The molecular weight excluding hydrogens is 218 g/mol. The first-order valence-corrected chi connectivity index (χ1v) is 5.66. The van der Waals surface area contributed by atoms with Gasteiger partial charge in [0.15, 0.2) is 0 Å². The van der Waals surface area contributed by atoms with Crippen molar-refractivity contribution in [3.63, 3.8) is 0 Å². The van der Waals surface area contributed by atoms with Gasteiger partial charge in [-0.25, -0.2) is 4.79 Å². The fourth-order valence-electron chi connectivity index (χ4n) is 1.50. The van der Waals surface area contributed by atoms with E-state index in [9.17, 15) is 4.79 Å². The fourth-order valence-corrected chi connectivity index (χ4v) is 1.50. The lowest BCUT2D eigenvalue weighted by Crippen LogP contribution is -2.15. The van der Waals surface area contributed by atoms with Gasteiger partial charge in [0.2, 0.25) is 0 Å². The molecule has 0 aliphatic heterocycles. The predicted molar refractivity (Wildman–Crippen MR) is 65.7 cm³/mol. The molecule has 0 bridgehead atoms. The Morgan fingerprint density at radius 3 is 2.82 bits per heavy atom. The summed E-state index contributed by atoms with van der Waals surface area (Å²) < 4.78 is 1.82. The number of carboxylic acids is 1. The topological polar surface area (TPSA) is 67.2 Å². The molecule has 2 N–H and O–H groups in total. The van der Waals surface area contributed by atoms with E-state index in [1.165, 1.54) is 0 Å². The van der Waals surface area contributed by atoms with Gasteiger partial charge < -0.3 is 10.4 Å². The minimum atomic E-state index is -0.841. The second-order valence-corrected chi connectivity index (χ2v) is 3.90. The lowest BCUT2D eigenvalue weighted by atomic mass is 10.2.